The van der Waals surface area contributed by atoms with E-state index < -0.39 is 5.54 Å². The summed E-state index contributed by atoms with van der Waals surface area (Å²) in [5.74, 6) is 0.798. The molecule has 3 aromatic rings. The van der Waals surface area contributed by atoms with E-state index in [9.17, 15) is 4.79 Å². The number of fused-ring (bicyclic) bond motifs is 2. The maximum Gasteiger partial charge on any atom is 0.287 e. The van der Waals surface area contributed by atoms with Crippen molar-refractivity contribution in [1.82, 2.24) is 10.3 Å². The number of aryl methyl sites for hydroxylation is 1. The van der Waals surface area contributed by atoms with Crippen LogP contribution in [-0.4, -0.2) is 23.5 Å². The molecule has 5 heteroatoms. The second-order valence-electron chi connectivity index (χ2n) is 6.91. The van der Waals surface area contributed by atoms with Crippen LogP contribution in [0.25, 0.3) is 22.0 Å². The fourth-order valence-electron chi connectivity index (χ4n) is 3.13. The van der Waals surface area contributed by atoms with Gasteiger partial charge in [0.15, 0.2) is 5.76 Å². The maximum absolute atomic E-state index is 12.7. The molecule has 0 radical (unpaired) electrons. The lowest BCUT2D eigenvalue weighted by molar-refractivity contribution is 0.0895. The minimum absolute atomic E-state index is 0.260. The van der Waals surface area contributed by atoms with Crippen molar-refractivity contribution < 1.29 is 13.9 Å². The quantitative estimate of drug-likeness (QED) is 0.768. The minimum Gasteiger partial charge on any atom is -0.497 e. The zero-order valence-corrected chi connectivity index (χ0v) is 15.0. The summed E-state index contributed by atoms with van der Waals surface area (Å²) in [6, 6.07) is 9.81. The van der Waals surface area contributed by atoms with Crippen molar-refractivity contribution in [3.63, 3.8) is 0 Å². The van der Waals surface area contributed by atoms with Crippen LogP contribution in [0, 0.1) is 6.92 Å². The Morgan fingerprint density at radius 1 is 1.27 bits per heavy atom. The third kappa shape index (κ3) is 2.96. The number of nitrogens with one attached hydrogen (secondary N) is 1. The van der Waals surface area contributed by atoms with Crippen molar-refractivity contribution in [2.45, 2.75) is 25.8 Å². The molecule has 1 atom stereocenters. The topological polar surface area (TPSA) is 64.4 Å². The molecule has 0 spiro atoms. The van der Waals surface area contributed by atoms with E-state index in [4.69, 9.17) is 9.15 Å². The van der Waals surface area contributed by atoms with Gasteiger partial charge in [-0.05, 0) is 56.2 Å². The van der Waals surface area contributed by atoms with E-state index in [1.807, 2.05) is 56.3 Å². The highest BCUT2D eigenvalue weighted by Gasteiger charge is 2.27. The maximum atomic E-state index is 12.7. The van der Waals surface area contributed by atoms with Gasteiger partial charge < -0.3 is 14.5 Å². The molecular formula is C21H20N2O3. The average molecular weight is 348 g/mol. The Hall–Kier alpha value is -3.08. The molecule has 132 valence electrons. The molecular weight excluding hydrogens is 328 g/mol. The van der Waals surface area contributed by atoms with Crippen molar-refractivity contribution in [3.8, 4) is 0 Å². The number of ether oxygens (including phenoxy) is 1. The molecule has 0 saturated carbocycles. The number of furan rings is 1. The van der Waals surface area contributed by atoms with Gasteiger partial charge in [0.05, 0.1) is 18.2 Å². The van der Waals surface area contributed by atoms with Crippen LogP contribution in [0.15, 0.2) is 58.7 Å². The van der Waals surface area contributed by atoms with E-state index in [-0.39, 0.29) is 11.7 Å². The van der Waals surface area contributed by atoms with Crippen LogP contribution < -0.4 is 5.32 Å². The molecule has 26 heavy (non-hydrogen) atoms. The fourth-order valence-corrected chi connectivity index (χ4v) is 3.13. The Morgan fingerprint density at radius 2 is 2.12 bits per heavy atom. The molecule has 2 heterocycles. The SMILES string of the molecule is COC1=CCC(C)(NC(=O)c2cc3cc4ccc(C)cc4nc3o2)C=C1. The summed E-state index contributed by atoms with van der Waals surface area (Å²) >= 11 is 0. The standard InChI is InChI=1S/C21H20N2O3/c1-13-4-5-14-11-15-12-18(26-20(15)22-17(14)10-13)19(24)23-21(2)8-6-16(25-3)7-9-21/h4-8,10-12H,9H2,1-3H3,(H,23,24). The Bertz CT molecular complexity index is 1080. The first-order valence-corrected chi connectivity index (χ1v) is 8.53. The normalized spacial score (nSPS) is 19.6. The van der Waals surface area contributed by atoms with E-state index in [0.29, 0.717) is 12.1 Å². The largest absolute Gasteiger partial charge is 0.497 e. The van der Waals surface area contributed by atoms with Gasteiger partial charge in [0, 0.05) is 10.8 Å². The van der Waals surface area contributed by atoms with Crippen LogP contribution in [0.3, 0.4) is 0 Å². The van der Waals surface area contributed by atoms with E-state index in [1.54, 1.807) is 13.2 Å². The van der Waals surface area contributed by atoms with E-state index in [2.05, 4.69) is 10.3 Å². The zero-order valence-electron chi connectivity index (χ0n) is 15.0. The predicted octanol–water partition coefficient (Wildman–Crippen LogP) is 4.27. The highest BCUT2D eigenvalue weighted by Crippen LogP contribution is 2.25. The molecule has 1 unspecified atom stereocenters. The molecule has 1 N–H and O–H groups in total. The van der Waals surface area contributed by atoms with E-state index in [0.717, 1.165) is 27.6 Å². The molecule has 0 bridgehead atoms. The Kier molecular flexibility index (Phi) is 3.80. The number of nitrogens with zero attached hydrogens (tertiary/aromatic N) is 1. The Balaban J connectivity index is 1.62. The third-order valence-corrected chi connectivity index (χ3v) is 4.66. The van der Waals surface area contributed by atoms with Gasteiger partial charge in [-0.25, -0.2) is 4.98 Å². The lowest BCUT2D eigenvalue weighted by atomic mass is 9.93. The van der Waals surface area contributed by atoms with Gasteiger partial charge in [0.25, 0.3) is 5.91 Å². The molecule has 1 aliphatic rings. The highest BCUT2D eigenvalue weighted by atomic mass is 16.5. The monoisotopic (exact) mass is 348 g/mol. The van der Waals surface area contributed by atoms with Gasteiger partial charge in [-0.2, -0.15) is 0 Å². The molecule has 4 rings (SSSR count). The number of hydrogen-bond donors (Lipinski definition) is 1. The van der Waals surface area contributed by atoms with Gasteiger partial charge in [-0.15, -0.1) is 0 Å². The number of aromatic nitrogens is 1. The number of hydrogen-bond acceptors (Lipinski definition) is 4. The van der Waals surface area contributed by atoms with Crippen LogP contribution >= 0.6 is 0 Å². The van der Waals surface area contributed by atoms with Crippen LogP contribution in [0.4, 0.5) is 0 Å². The molecule has 0 saturated heterocycles. The number of carbonyl (C=O) groups excluding carboxylic acids is 1. The molecule has 2 aromatic heterocycles. The predicted molar refractivity (Wildman–Crippen MR) is 101 cm³/mol. The summed E-state index contributed by atoms with van der Waals surface area (Å²) in [6.07, 6.45) is 6.40. The van der Waals surface area contributed by atoms with E-state index >= 15 is 0 Å². The zero-order chi connectivity index (χ0) is 18.3. The second-order valence-corrected chi connectivity index (χ2v) is 6.91. The van der Waals surface area contributed by atoms with E-state index in [1.165, 1.54) is 0 Å². The Morgan fingerprint density at radius 3 is 2.85 bits per heavy atom. The number of rotatable bonds is 3. The van der Waals surface area contributed by atoms with Crippen molar-refractivity contribution >= 4 is 27.9 Å². The summed E-state index contributed by atoms with van der Waals surface area (Å²) in [5, 5.41) is 4.86. The first kappa shape index (κ1) is 16.4. The molecule has 1 amide bonds. The fraction of sp³-hybridized carbons (Fsp3) is 0.238. The number of pyridine rings is 1. The molecule has 0 fully saturated rings. The van der Waals surface area contributed by atoms with Gasteiger partial charge in [-0.1, -0.05) is 18.2 Å². The van der Waals surface area contributed by atoms with Crippen molar-refractivity contribution in [2.24, 2.45) is 0 Å². The Labute approximate surface area is 151 Å². The first-order chi connectivity index (χ1) is 12.5. The van der Waals surface area contributed by atoms with Gasteiger partial charge in [-0.3, -0.25) is 4.79 Å². The molecule has 0 aliphatic heterocycles. The molecule has 1 aromatic carbocycles. The minimum atomic E-state index is -0.479. The third-order valence-electron chi connectivity index (χ3n) is 4.66. The van der Waals surface area contributed by atoms with Gasteiger partial charge >= 0.3 is 0 Å². The summed E-state index contributed by atoms with van der Waals surface area (Å²) in [7, 11) is 1.63. The van der Waals surface area contributed by atoms with Crippen LogP contribution in [-0.2, 0) is 4.74 Å². The summed E-state index contributed by atoms with van der Waals surface area (Å²) in [5.41, 5.74) is 1.99. The number of carbonyl (C=O) groups is 1. The molecule has 1 aliphatic carbocycles. The van der Waals surface area contributed by atoms with Crippen LogP contribution in [0.1, 0.15) is 29.5 Å². The van der Waals surface area contributed by atoms with Crippen molar-refractivity contribution in [1.29, 1.82) is 0 Å². The van der Waals surface area contributed by atoms with Crippen molar-refractivity contribution in [3.05, 3.63) is 65.6 Å². The summed E-state index contributed by atoms with van der Waals surface area (Å²) in [6.45, 7) is 3.98. The number of benzene rings is 1. The molecule has 5 nitrogen and oxygen atoms in total. The lowest BCUT2D eigenvalue weighted by Gasteiger charge is -2.28. The number of allylic oxidation sites excluding steroid dienone is 1. The summed E-state index contributed by atoms with van der Waals surface area (Å²) < 4.78 is 10.9. The van der Waals surface area contributed by atoms with Crippen LogP contribution in [0.5, 0.6) is 0 Å². The van der Waals surface area contributed by atoms with Crippen molar-refractivity contribution in [2.75, 3.05) is 7.11 Å². The number of amides is 1. The summed E-state index contributed by atoms with van der Waals surface area (Å²) in [4.78, 5) is 17.2. The highest BCUT2D eigenvalue weighted by molar-refractivity contribution is 5.98. The smallest absolute Gasteiger partial charge is 0.287 e. The number of methoxy groups -OCH3 is 1. The van der Waals surface area contributed by atoms with Crippen LogP contribution in [0.2, 0.25) is 0 Å². The first-order valence-electron chi connectivity index (χ1n) is 8.53. The van der Waals surface area contributed by atoms with Gasteiger partial charge in [0.1, 0.15) is 5.76 Å². The second kappa shape index (κ2) is 6.02. The van der Waals surface area contributed by atoms with Gasteiger partial charge in [0.2, 0.25) is 5.71 Å². The average Bonchev–Trinajstić information content (AvgIpc) is 3.03. The lowest BCUT2D eigenvalue weighted by Crippen LogP contribution is -2.44.